The molecule has 1 aliphatic rings. The summed E-state index contributed by atoms with van der Waals surface area (Å²) in [5, 5.41) is 6.48. The Morgan fingerprint density at radius 3 is 2.56 bits per heavy atom. The van der Waals surface area contributed by atoms with Crippen LogP contribution in [0, 0.1) is 0 Å². The lowest BCUT2D eigenvalue weighted by Crippen LogP contribution is -2.36. The van der Waals surface area contributed by atoms with E-state index < -0.39 is 0 Å². The molecule has 1 fully saturated rings. The number of hydrogen-bond acceptors (Lipinski definition) is 3. The Labute approximate surface area is 153 Å². The molecule has 6 heteroatoms. The van der Waals surface area contributed by atoms with Crippen LogP contribution in [0.15, 0.2) is 42.6 Å². The molecule has 1 aliphatic heterocycles. The van der Waals surface area contributed by atoms with Gasteiger partial charge in [0.05, 0.1) is 6.04 Å². The van der Waals surface area contributed by atoms with Crippen molar-refractivity contribution in [2.45, 2.75) is 32.4 Å². The Morgan fingerprint density at radius 2 is 1.92 bits per heavy atom. The van der Waals surface area contributed by atoms with Gasteiger partial charge in [-0.3, -0.25) is 0 Å². The minimum atomic E-state index is -0.203. The number of halogens is 1. The molecule has 2 N–H and O–H groups in total. The van der Waals surface area contributed by atoms with Crippen LogP contribution in [0.1, 0.15) is 36.9 Å². The van der Waals surface area contributed by atoms with Gasteiger partial charge >= 0.3 is 6.03 Å². The van der Waals surface area contributed by atoms with Gasteiger partial charge in [0.2, 0.25) is 0 Å². The Hall–Kier alpha value is -2.27. The van der Waals surface area contributed by atoms with Crippen LogP contribution in [-0.4, -0.2) is 24.1 Å². The van der Waals surface area contributed by atoms with Gasteiger partial charge in [-0.05, 0) is 49.1 Å². The summed E-state index contributed by atoms with van der Waals surface area (Å²) < 4.78 is 0. The molecule has 0 saturated carbocycles. The molecular formula is C19H23ClN4O. The Balaban J connectivity index is 1.47. The zero-order chi connectivity index (χ0) is 17.6. The maximum Gasteiger partial charge on any atom is 0.315 e. The van der Waals surface area contributed by atoms with E-state index in [0.29, 0.717) is 11.6 Å². The summed E-state index contributed by atoms with van der Waals surface area (Å²) in [6, 6.07) is 11.2. The highest BCUT2D eigenvalue weighted by Gasteiger charge is 2.13. The van der Waals surface area contributed by atoms with Gasteiger partial charge in [-0.25, -0.2) is 9.78 Å². The van der Waals surface area contributed by atoms with Crippen LogP contribution in [0.5, 0.6) is 0 Å². The molecule has 25 heavy (non-hydrogen) atoms. The smallest absolute Gasteiger partial charge is 0.315 e. The average Bonchev–Trinajstić information content (AvgIpc) is 3.15. The number of nitrogens with zero attached hydrogens (tertiary/aromatic N) is 2. The fraction of sp³-hybridized carbons (Fsp3) is 0.368. The van der Waals surface area contributed by atoms with Gasteiger partial charge in [0.15, 0.2) is 0 Å². The van der Waals surface area contributed by atoms with Crippen LogP contribution in [0.3, 0.4) is 0 Å². The largest absolute Gasteiger partial charge is 0.357 e. The second-order valence-electron chi connectivity index (χ2n) is 6.32. The SMILES string of the molecule is CC(NC(=O)NCc1ccc(N2CCCC2)nc1)c1ccc(Cl)cc1. The third-order valence-electron chi connectivity index (χ3n) is 4.41. The zero-order valence-corrected chi connectivity index (χ0v) is 15.1. The van der Waals surface area contributed by atoms with Crippen molar-refractivity contribution in [2.75, 3.05) is 18.0 Å². The average molecular weight is 359 g/mol. The predicted molar refractivity (Wildman–Crippen MR) is 101 cm³/mol. The molecule has 1 atom stereocenters. The van der Waals surface area contributed by atoms with E-state index in [1.54, 1.807) is 0 Å². The highest BCUT2D eigenvalue weighted by Crippen LogP contribution is 2.18. The fourth-order valence-corrected chi connectivity index (χ4v) is 3.05. The van der Waals surface area contributed by atoms with Crippen LogP contribution in [-0.2, 0) is 6.54 Å². The van der Waals surface area contributed by atoms with Crippen LogP contribution in [0.2, 0.25) is 5.02 Å². The Bertz CT molecular complexity index is 696. The van der Waals surface area contributed by atoms with Crippen molar-refractivity contribution in [3.05, 3.63) is 58.7 Å². The number of nitrogens with one attached hydrogen (secondary N) is 2. The highest BCUT2D eigenvalue weighted by molar-refractivity contribution is 6.30. The topological polar surface area (TPSA) is 57.3 Å². The summed E-state index contributed by atoms with van der Waals surface area (Å²) >= 11 is 5.88. The normalized spacial score (nSPS) is 15.0. The number of amides is 2. The maximum absolute atomic E-state index is 12.1. The summed E-state index contributed by atoms with van der Waals surface area (Å²) in [4.78, 5) is 18.9. The quantitative estimate of drug-likeness (QED) is 0.852. The first-order chi connectivity index (χ1) is 12.1. The van der Waals surface area contributed by atoms with E-state index in [0.717, 1.165) is 30.0 Å². The second-order valence-corrected chi connectivity index (χ2v) is 6.76. The van der Waals surface area contributed by atoms with Crippen molar-refractivity contribution in [3.63, 3.8) is 0 Å². The molecule has 2 heterocycles. The van der Waals surface area contributed by atoms with Crippen molar-refractivity contribution in [1.29, 1.82) is 0 Å². The Morgan fingerprint density at radius 1 is 1.20 bits per heavy atom. The van der Waals surface area contributed by atoms with Gasteiger partial charge in [-0.2, -0.15) is 0 Å². The molecule has 2 amide bonds. The second kappa shape index (κ2) is 8.21. The molecule has 0 spiro atoms. The van der Waals surface area contributed by atoms with Gasteiger partial charge in [0.1, 0.15) is 5.82 Å². The van der Waals surface area contributed by atoms with E-state index in [1.807, 2.05) is 49.5 Å². The third-order valence-corrected chi connectivity index (χ3v) is 4.66. The molecule has 1 saturated heterocycles. The lowest BCUT2D eigenvalue weighted by atomic mass is 10.1. The van der Waals surface area contributed by atoms with E-state index in [1.165, 1.54) is 12.8 Å². The van der Waals surface area contributed by atoms with Crippen LogP contribution < -0.4 is 15.5 Å². The first-order valence-electron chi connectivity index (χ1n) is 8.61. The van der Waals surface area contributed by atoms with Crippen LogP contribution in [0.4, 0.5) is 10.6 Å². The lowest BCUT2D eigenvalue weighted by Gasteiger charge is -2.17. The van der Waals surface area contributed by atoms with Crippen LogP contribution >= 0.6 is 11.6 Å². The molecule has 5 nitrogen and oxygen atoms in total. The van der Waals surface area contributed by atoms with E-state index >= 15 is 0 Å². The van der Waals surface area contributed by atoms with Crippen molar-refractivity contribution in [1.82, 2.24) is 15.6 Å². The zero-order valence-electron chi connectivity index (χ0n) is 14.3. The monoisotopic (exact) mass is 358 g/mol. The highest BCUT2D eigenvalue weighted by atomic mass is 35.5. The lowest BCUT2D eigenvalue weighted by molar-refractivity contribution is 0.237. The number of pyridine rings is 1. The molecule has 1 aromatic carbocycles. The predicted octanol–water partition coefficient (Wildman–Crippen LogP) is 3.90. The molecule has 0 bridgehead atoms. The summed E-state index contributed by atoms with van der Waals surface area (Å²) in [6.45, 7) is 4.55. The van der Waals surface area contributed by atoms with Crippen molar-refractivity contribution in [2.24, 2.45) is 0 Å². The summed E-state index contributed by atoms with van der Waals surface area (Å²) in [5.41, 5.74) is 1.99. The molecule has 132 valence electrons. The molecule has 0 radical (unpaired) electrons. The number of rotatable bonds is 5. The first kappa shape index (κ1) is 17.5. The van der Waals surface area contributed by atoms with Crippen molar-refractivity contribution in [3.8, 4) is 0 Å². The minimum absolute atomic E-state index is 0.0899. The number of urea groups is 1. The van der Waals surface area contributed by atoms with Crippen LogP contribution in [0.25, 0.3) is 0 Å². The number of hydrogen-bond donors (Lipinski definition) is 2. The number of anilines is 1. The summed E-state index contributed by atoms with van der Waals surface area (Å²) in [6.07, 6.45) is 4.30. The fourth-order valence-electron chi connectivity index (χ4n) is 2.92. The van der Waals surface area contributed by atoms with Gasteiger partial charge in [0, 0.05) is 30.9 Å². The van der Waals surface area contributed by atoms with Gasteiger partial charge in [0.25, 0.3) is 0 Å². The van der Waals surface area contributed by atoms with Gasteiger partial charge in [-0.15, -0.1) is 0 Å². The van der Waals surface area contributed by atoms with Gasteiger partial charge < -0.3 is 15.5 Å². The molecule has 3 rings (SSSR count). The third kappa shape index (κ3) is 4.86. The number of carbonyl (C=O) groups is 1. The summed E-state index contributed by atoms with van der Waals surface area (Å²) in [5.74, 6) is 1.02. The molecule has 2 aromatic rings. The van der Waals surface area contributed by atoms with E-state index in [9.17, 15) is 4.79 Å². The van der Waals surface area contributed by atoms with Crippen molar-refractivity contribution < 1.29 is 4.79 Å². The number of aromatic nitrogens is 1. The summed E-state index contributed by atoms with van der Waals surface area (Å²) in [7, 11) is 0. The molecule has 1 unspecified atom stereocenters. The number of carbonyl (C=O) groups excluding carboxylic acids is 1. The minimum Gasteiger partial charge on any atom is -0.357 e. The maximum atomic E-state index is 12.1. The first-order valence-corrected chi connectivity index (χ1v) is 8.99. The van der Waals surface area contributed by atoms with E-state index in [-0.39, 0.29) is 12.1 Å². The molecule has 0 aliphatic carbocycles. The molecule has 1 aromatic heterocycles. The van der Waals surface area contributed by atoms with Gasteiger partial charge in [-0.1, -0.05) is 29.8 Å². The molecular weight excluding hydrogens is 336 g/mol. The van der Waals surface area contributed by atoms with E-state index in [2.05, 4.69) is 20.5 Å². The van der Waals surface area contributed by atoms with E-state index in [4.69, 9.17) is 11.6 Å². The van der Waals surface area contributed by atoms with Crippen molar-refractivity contribution >= 4 is 23.4 Å². The number of benzene rings is 1. The standard InChI is InChI=1S/C19H23ClN4O/c1-14(16-5-7-17(20)8-6-16)23-19(25)22-13-15-4-9-18(21-12-15)24-10-2-3-11-24/h4-9,12,14H,2-3,10-11,13H2,1H3,(H2,22,23,25). The Kier molecular flexibility index (Phi) is 5.76.